The Morgan fingerprint density at radius 1 is 1.47 bits per heavy atom. The number of hydrogen-bond acceptors (Lipinski definition) is 4. The van der Waals surface area contributed by atoms with Gasteiger partial charge in [-0.05, 0) is 18.6 Å². The summed E-state index contributed by atoms with van der Waals surface area (Å²) in [5, 5.41) is 0. The van der Waals surface area contributed by atoms with Crippen molar-refractivity contribution >= 4 is 28.8 Å². The molecule has 6 heteroatoms. The first-order valence-corrected chi connectivity index (χ1v) is 7.71. The Morgan fingerprint density at radius 3 is 2.74 bits per heavy atom. The summed E-state index contributed by atoms with van der Waals surface area (Å²) < 4.78 is 0.767. The Balaban J connectivity index is 2.21. The number of amides is 1. The molecule has 2 rings (SSSR count). The van der Waals surface area contributed by atoms with Crippen molar-refractivity contribution in [1.82, 2.24) is 9.80 Å². The molecule has 4 nitrogen and oxygen atoms in total. The summed E-state index contributed by atoms with van der Waals surface area (Å²) in [6, 6.07) is 4.02. The summed E-state index contributed by atoms with van der Waals surface area (Å²) in [6.45, 7) is 4.12. The van der Waals surface area contributed by atoms with Gasteiger partial charge in [-0.3, -0.25) is 9.69 Å². The standard InChI is InChI=1S/C13H20ClN3OS/c1-3-9(15)13(10-4-5-11(14)19-10)17-7-6-16(2)12(18)8-17/h4-5,9,13H,3,6-8,15H2,1-2H3. The first-order chi connectivity index (χ1) is 9.02. The van der Waals surface area contributed by atoms with E-state index in [2.05, 4.69) is 11.8 Å². The van der Waals surface area contributed by atoms with Gasteiger partial charge in [-0.1, -0.05) is 18.5 Å². The number of carbonyl (C=O) groups is 1. The number of hydrogen-bond donors (Lipinski definition) is 1. The van der Waals surface area contributed by atoms with Gasteiger partial charge in [0.15, 0.2) is 0 Å². The molecule has 1 amide bonds. The van der Waals surface area contributed by atoms with Crippen LogP contribution in [0.5, 0.6) is 0 Å². The average molecular weight is 302 g/mol. The van der Waals surface area contributed by atoms with Crippen LogP contribution in [-0.2, 0) is 4.79 Å². The maximum Gasteiger partial charge on any atom is 0.236 e. The van der Waals surface area contributed by atoms with Crippen LogP contribution in [0.3, 0.4) is 0 Å². The lowest BCUT2D eigenvalue weighted by molar-refractivity contribution is -0.135. The van der Waals surface area contributed by atoms with Gasteiger partial charge in [0.25, 0.3) is 0 Å². The zero-order valence-electron chi connectivity index (χ0n) is 11.3. The predicted octanol–water partition coefficient (Wildman–Crippen LogP) is 1.95. The van der Waals surface area contributed by atoms with Crippen molar-refractivity contribution in [1.29, 1.82) is 0 Å². The lowest BCUT2D eigenvalue weighted by Gasteiger charge is -2.39. The minimum atomic E-state index is 0.0194. The van der Waals surface area contributed by atoms with Crippen molar-refractivity contribution in [3.63, 3.8) is 0 Å². The van der Waals surface area contributed by atoms with E-state index in [-0.39, 0.29) is 18.0 Å². The Labute approximate surface area is 123 Å². The van der Waals surface area contributed by atoms with Crippen LogP contribution in [0.15, 0.2) is 12.1 Å². The maximum atomic E-state index is 11.9. The fourth-order valence-electron chi connectivity index (χ4n) is 2.39. The van der Waals surface area contributed by atoms with E-state index in [1.54, 1.807) is 16.2 Å². The van der Waals surface area contributed by atoms with Crippen molar-refractivity contribution < 1.29 is 4.79 Å². The van der Waals surface area contributed by atoms with Gasteiger partial charge < -0.3 is 10.6 Å². The molecule has 1 saturated heterocycles. The zero-order chi connectivity index (χ0) is 14.0. The molecule has 1 fully saturated rings. The van der Waals surface area contributed by atoms with Crippen LogP contribution in [0, 0.1) is 0 Å². The molecular formula is C13H20ClN3OS. The molecule has 1 aliphatic heterocycles. The van der Waals surface area contributed by atoms with E-state index < -0.39 is 0 Å². The number of nitrogens with two attached hydrogens (primary N) is 1. The van der Waals surface area contributed by atoms with E-state index >= 15 is 0 Å². The summed E-state index contributed by atoms with van der Waals surface area (Å²) in [5.41, 5.74) is 6.27. The predicted molar refractivity (Wildman–Crippen MR) is 79.5 cm³/mol. The summed E-state index contributed by atoms with van der Waals surface area (Å²) in [5.74, 6) is 0.155. The van der Waals surface area contributed by atoms with E-state index in [1.807, 2.05) is 19.2 Å². The van der Waals surface area contributed by atoms with Crippen LogP contribution in [0.25, 0.3) is 0 Å². The SMILES string of the molecule is CCC(N)C(c1ccc(Cl)s1)N1CCN(C)C(=O)C1. The van der Waals surface area contributed by atoms with Crippen LogP contribution in [0.1, 0.15) is 24.3 Å². The monoisotopic (exact) mass is 301 g/mol. The third-order valence-electron chi connectivity index (χ3n) is 3.64. The van der Waals surface area contributed by atoms with Crippen molar-refractivity contribution in [2.75, 3.05) is 26.7 Å². The highest BCUT2D eigenvalue weighted by Gasteiger charge is 2.32. The molecule has 1 aromatic heterocycles. The van der Waals surface area contributed by atoms with Gasteiger partial charge in [0.1, 0.15) is 0 Å². The number of nitrogens with zero attached hydrogens (tertiary/aromatic N) is 2. The molecule has 106 valence electrons. The Morgan fingerprint density at radius 2 is 2.21 bits per heavy atom. The van der Waals surface area contributed by atoms with Gasteiger partial charge in [-0.25, -0.2) is 0 Å². The van der Waals surface area contributed by atoms with Gasteiger partial charge in [0, 0.05) is 31.1 Å². The third-order valence-corrected chi connectivity index (χ3v) is 4.94. The first kappa shape index (κ1) is 14.8. The summed E-state index contributed by atoms with van der Waals surface area (Å²) in [4.78, 5) is 17.0. The highest BCUT2D eigenvalue weighted by molar-refractivity contribution is 7.16. The molecule has 0 spiro atoms. The van der Waals surface area contributed by atoms with Crippen molar-refractivity contribution in [2.45, 2.75) is 25.4 Å². The van der Waals surface area contributed by atoms with E-state index in [4.69, 9.17) is 17.3 Å². The second-order valence-electron chi connectivity index (χ2n) is 4.94. The largest absolute Gasteiger partial charge is 0.343 e. The minimum absolute atomic E-state index is 0.0194. The lowest BCUT2D eigenvalue weighted by Crippen LogP contribution is -2.52. The topological polar surface area (TPSA) is 49.6 Å². The summed E-state index contributed by atoms with van der Waals surface area (Å²) in [6.07, 6.45) is 0.876. The van der Waals surface area contributed by atoms with E-state index in [1.165, 1.54) is 0 Å². The smallest absolute Gasteiger partial charge is 0.236 e. The second kappa shape index (κ2) is 6.22. The Kier molecular flexibility index (Phi) is 4.84. The van der Waals surface area contributed by atoms with Crippen LogP contribution in [0.2, 0.25) is 4.34 Å². The molecular weight excluding hydrogens is 282 g/mol. The molecule has 2 atom stereocenters. The molecule has 1 aliphatic rings. The highest BCUT2D eigenvalue weighted by atomic mass is 35.5. The number of thiophene rings is 1. The van der Waals surface area contributed by atoms with Crippen molar-refractivity contribution in [3.8, 4) is 0 Å². The van der Waals surface area contributed by atoms with Crippen LogP contribution < -0.4 is 5.73 Å². The molecule has 0 bridgehead atoms. The second-order valence-corrected chi connectivity index (χ2v) is 6.69. The molecule has 0 saturated carbocycles. The van der Waals surface area contributed by atoms with Crippen LogP contribution in [0.4, 0.5) is 0 Å². The minimum Gasteiger partial charge on any atom is -0.343 e. The van der Waals surface area contributed by atoms with Gasteiger partial charge in [-0.15, -0.1) is 11.3 Å². The molecule has 2 heterocycles. The van der Waals surface area contributed by atoms with E-state index in [0.29, 0.717) is 6.54 Å². The fourth-order valence-corrected chi connectivity index (χ4v) is 3.66. The lowest BCUT2D eigenvalue weighted by atomic mass is 10.0. The van der Waals surface area contributed by atoms with E-state index in [0.717, 1.165) is 28.7 Å². The van der Waals surface area contributed by atoms with Gasteiger partial charge in [0.05, 0.1) is 16.9 Å². The molecule has 2 N–H and O–H groups in total. The normalized spacial score (nSPS) is 20.6. The van der Waals surface area contributed by atoms with E-state index in [9.17, 15) is 4.79 Å². The Hall–Kier alpha value is -0.620. The number of likely N-dealkylation sites (N-methyl/N-ethyl adjacent to an activating group) is 1. The molecule has 0 aliphatic carbocycles. The number of piperazine rings is 1. The van der Waals surface area contributed by atoms with Gasteiger partial charge >= 0.3 is 0 Å². The summed E-state index contributed by atoms with van der Waals surface area (Å²) in [7, 11) is 1.84. The highest BCUT2D eigenvalue weighted by Crippen LogP contribution is 2.33. The van der Waals surface area contributed by atoms with Crippen LogP contribution >= 0.6 is 22.9 Å². The molecule has 0 aromatic carbocycles. The molecule has 1 aromatic rings. The molecule has 0 radical (unpaired) electrons. The maximum absolute atomic E-state index is 11.9. The Bertz CT molecular complexity index is 451. The third kappa shape index (κ3) is 3.28. The molecule has 2 unspecified atom stereocenters. The van der Waals surface area contributed by atoms with Crippen molar-refractivity contribution in [3.05, 3.63) is 21.3 Å². The van der Waals surface area contributed by atoms with Crippen molar-refractivity contribution in [2.24, 2.45) is 5.73 Å². The van der Waals surface area contributed by atoms with Gasteiger partial charge in [-0.2, -0.15) is 0 Å². The number of carbonyl (C=O) groups excluding carboxylic acids is 1. The number of halogens is 1. The zero-order valence-corrected chi connectivity index (χ0v) is 12.9. The molecule has 19 heavy (non-hydrogen) atoms. The van der Waals surface area contributed by atoms with Crippen LogP contribution in [-0.4, -0.2) is 48.4 Å². The average Bonchev–Trinajstić information content (AvgIpc) is 2.80. The number of rotatable bonds is 4. The summed E-state index contributed by atoms with van der Waals surface area (Å²) >= 11 is 7.58. The quantitative estimate of drug-likeness (QED) is 0.925. The fraction of sp³-hybridized carbons (Fsp3) is 0.615. The van der Waals surface area contributed by atoms with Gasteiger partial charge in [0.2, 0.25) is 5.91 Å². The first-order valence-electron chi connectivity index (χ1n) is 6.51.